The van der Waals surface area contributed by atoms with Gasteiger partial charge >= 0.3 is 11.9 Å². The molecule has 0 saturated heterocycles. The Bertz CT molecular complexity index is 1860. The molecule has 226 valence electrons. The Balaban J connectivity index is 1.24. The van der Waals surface area contributed by atoms with Crippen LogP contribution in [-0.2, 0) is 25.5 Å². The first-order valence-electron chi connectivity index (χ1n) is 14.5. The van der Waals surface area contributed by atoms with Crippen molar-refractivity contribution in [2.75, 3.05) is 12.4 Å². The molecule has 1 atom stereocenters. The minimum atomic E-state index is -1.02. The number of anilines is 1. The first-order chi connectivity index (χ1) is 21.3. The van der Waals surface area contributed by atoms with Gasteiger partial charge in [0.05, 0.1) is 30.0 Å². The molecule has 5 N–H and O–H groups in total. The summed E-state index contributed by atoms with van der Waals surface area (Å²) in [5, 5.41) is 5.94. The van der Waals surface area contributed by atoms with E-state index in [1.54, 1.807) is 49.1 Å². The summed E-state index contributed by atoms with van der Waals surface area (Å²) in [6.07, 6.45) is 10.8. The average Bonchev–Trinajstić information content (AvgIpc) is 3.79. The van der Waals surface area contributed by atoms with E-state index in [0.717, 1.165) is 55.2 Å². The van der Waals surface area contributed by atoms with Gasteiger partial charge in [0.15, 0.2) is 0 Å². The number of aromatic amines is 1. The van der Waals surface area contributed by atoms with Crippen LogP contribution in [0.1, 0.15) is 54.1 Å². The number of primary amides is 1. The Hall–Kier alpha value is -5.39. The number of nitrogens with one attached hydrogen (secondary N) is 3. The van der Waals surface area contributed by atoms with Gasteiger partial charge in [-0.05, 0) is 60.9 Å². The quantitative estimate of drug-likeness (QED) is 0.153. The van der Waals surface area contributed by atoms with E-state index in [2.05, 4.69) is 24.9 Å². The maximum Gasteiger partial charge on any atom is 0.396 e. The second-order valence-corrected chi connectivity index (χ2v) is 11.0. The number of amides is 3. The smallest absolute Gasteiger partial charge is 0.396 e. The second kappa shape index (κ2) is 12.1. The molecule has 0 spiro atoms. The van der Waals surface area contributed by atoms with Crippen LogP contribution < -0.4 is 16.4 Å². The number of rotatable bonds is 8. The average molecular weight is 597 g/mol. The first-order valence-corrected chi connectivity index (χ1v) is 14.5. The molecule has 1 saturated carbocycles. The molecular formula is C32H32N6O6. The Morgan fingerprint density at radius 2 is 1.93 bits per heavy atom. The molecule has 0 unspecified atom stereocenters. The van der Waals surface area contributed by atoms with Crippen LogP contribution in [0.3, 0.4) is 0 Å². The first kappa shape index (κ1) is 28.7. The van der Waals surface area contributed by atoms with Gasteiger partial charge in [0.25, 0.3) is 5.91 Å². The highest BCUT2D eigenvalue weighted by Gasteiger charge is 2.25. The zero-order chi connectivity index (χ0) is 30.8. The largest absolute Gasteiger partial charge is 0.472 e. The Kier molecular flexibility index (Phi) is 7.88. The van der Waals surface area contributed by atoms with Gasteiger partial charge in [-0.25, -0.2) is 9.78 Å². The van der Waals surface area contributed by atoms with E-state index in [0.29, 0.717) is 33.8 Å². The molecule has 3 heterocycles. The number of nitrogens with zero attached hydrogens (tertiary/aromatic N) is 2. The van der Waals surface area contributed by atoms with E-state index in [1.807, 2.05) is 12.1 Å². The molecule has 12 heteroatoms. The van der Waals surface area contributed by atoms with Crippen LogP contribution in [0.15, 0.2) is 65.6 Å². The fourth-order valence-corrected chi connectivity index (χ4v) is 5.93. The molecule has 44 heavy (non-hydrogen) atoms. The normalized spacial score (nSPS) is 14.4. The van der Waals surface area contributed by atoms with Crippen molar-refractivity contribution in [1.82, 2.24) is 19.9 Å². The van der Waals surface area contributed by atoms with Crippen molar-refractivity contribution >= 4 is 51.3 Å². The third kappa shape index (κ3) is 5.65. The third-order valence-electron chi connectivity index (χ3n) is 8.14. The van der Waals surface area contributed by atoms with Crippen molar-refractivity contribution < 1.29 is 28.3 Å². The highest BCUT2D eigenvalue weighted by molar-refractivity contribution is 6.37. The van der Waals surface area contributed by atoms with E-state index >= 15 is 0 Å². The number of carbonyl (C=O) groups excluding carboxylic acids is 4. The summed E-state index contributed by atoms with van der Waals surface area (Å²) in [5.74, 6) is -2.29. The van der Waals surface area contributed by atoms with Gasteiger partial charge < -0.3 is 35.1 Å². The molecule has 1 aliphatic rings. The standard InChI is InChI=1S/C32H32N6O6/c1-43-32(42)31(41)35-21-8-9-24-23(15-21)20(16-34-24)14-26(28(33)39)37-30(40)18-7-10-27-25(13-18)36-29(19-11-12-44-17-19)38(27)22-5-3-2-4-6-22/h7-13,15-17,22,26,34H,2-6,14H2,1H3,(H2,33,39)(H,35,41)(H,37,40)/t26-/m0/s1. The molecule has 6 rings (SSSR count). The number of nitrogens with two attached hydrogens (primary N) is 1. The highest BCUT2D eigenvalue weighted by Crippen LogP contribution is 2.36. The van der Waals surface area contributed by atoms with Gasteiger partial charge in [0, 0.05) is 40.8 Å². The van der Waals surface area contributed by atoms with Gasteiger partial charge in [-0.15, -0.1) is 0 Å². The number of esters is 1. The summed E-state index contributed by atoms with van der Waals surface area (Å²) in [6.45, 7) is 0. The zero-order valence-electron chi connectivity index (χ0n) is 24.1. The van der Waals surface area contributed by atoms with Gasteiger partial charge in [-0.1, -0.05) is 19.3 Å². The molecule has 2 aromatic carbocycles. The minimum Gasteiger partial charge on any atom is -0.472 e. The Morgan fingerprint density at radius 1 is 1.11 bits per heavy atom. The van der Waals surface area contributed by atoms with Crippen LogP contribution in [0.5, 0.6) is 0 Å². The predicted molar refractivity (Wildman–Crippen MR) is 163 cm³/mol. The highest BCUT2D eigenvalue weighted by atomic mass is 16.5. The van der Waals surface area contributed by atoms with Crippen molar-refractivity contribution in [3.05, 3.63) is 72.3 Å². The second-order valence-electron chi connectivity index (χ2n) is 11.0. The number of fused-ring (bicyclic) bond motifs is 2. The monoisotopic (exact) mass is 596 g/mol. The summed E-state index contributed by atoms with van der Waals surface area (Å²) in [5.41, 5.74) is 10.3. The summed E-state index contributed by atoms with van der Waals surface area (Å²) >= 11 is 0. The van der Waals surface area contributed by atoms with Gasteiger partial charge in [-0.3, -0.25) is 14.4 Å². The lowest BCUT2D eigenvalue weighted by atomic mass is 9.95. The lowest BCUT2D eigenvalue weighted by Gasteiger charge is -2.25. The molecule has 1 aliphatic carbocycles. The number of carbonyl (C=O) groups is 4. The molecule has 0 radical (unpaired) electrons. The summed E-state index contributed by atoms with van der Waals surface area (Å²) in [7, 11) is 1.12. The van der Waals surface area contributed by atoms with Gasteiger partial charge in [-0.2, -0.15) is 0 Å². The van der Waals surface area contributed by atoms with Gasteiger partial charge in [0.1, 0.15) is 18.1 Å². The molecule has 3 aromatic heterocycles. The number of hydrogen-bond acceptors (Lipinski definition) is 7. The van der Waals surface area contributed by atoms with E-state index in [1.165, 1.54) is 6.42 Å². The third-order valence-corrected chi connectivity index (χ3v) is 8.14. The number of aromatic nitrogens is 3. The Labute approximate surface area is 251 Å². The summed E-state index contributed by atoms with van der Waals surface area (Å²) < 4.78 is 12.0. The van der Waals surface area contributed by atoms with Crippen molar-refractivity contribution in [2.24, 2.45) is 5.73 Å². The van der Waals surface area contributed by atoms with Crippen molar-refractivity contribution in [2.45, 2.75) is 50.6 Å². The number of imidazole rings is 1. The van der Waals surface area contributed by atoms with E-state index in [9.17, 15) is 19.2 Å². The number of benzene rings is 2. The molecular weight excluding hydrogens is 564 g/mol. The number of ether oxygens (including phenoxy) is 1. The summed E-state index contributed by atoms with van der Waals surface area (Å²) in [4.78, 5) is 57.4. The van der Waals surface area contributed by atoms with Crippen LogP contribution in [0.4, 0.5) is 5.69 Å². The van der Waals surface area contributed by atoms with Crippen molar-refractivity contribution in [1.29, 1.82) is 0 Å². The number of H-pyrrole nitrogens is 1. The Morgan fingerprint density at radius 3 is 2.66 bits per heavy atom. The van der Waals surface area contributed by atoms with Gasteiger partial charge in [0.2, 0.25) is 5.91 Å². The molecule has 3 amide bonds. The number of furan rings is 1. The maximum atomic E-state index is 13.4. The molecule has 0 aliphatic heterocycles. The predicted octanol–water partition coefficient (Wildman–Crippen LogP) is 4.22. The summed E-state index contributed by atoms with van der Waals surface area (Å²) in [6, 6.07) is 11.5. The fraction of sp³-hybridized carbons (Fsp3) is 0.281. The number of methoxy groups -OCH3 is 1. The van der Waals surface area contributed by atoms with Crippen LogP contribution in [-0.4, -0.2) is 51.4 Å². The lowest BCUT2D eigenvalue weighted by molar-refractivity contribution is -0.150. The SMILES string of the molecule is COC(=O)C(=O)Nc1ccc2[nH]cc(C[C@H](NC(=O)c3ccc4c(c3)nc(-c3ccoc3)n4C3CCCCC3)C(N)=O)c2c1. The van der Waals surface area contributed by atoms with Crippen LogP contribution in [0.25, 0.3) is 33.3 Å². The van der Waals surface area contributed by atoms with Crippen molar-refractivity contribution in [3.8, 4) is 11.4 Å². The van der Waals surface area contributed by atoms with Crippen molar-refractivity contribution in [3.63, 3.8) is 0 Å². The fourth-order valence-electron chi connectivity index (χ4n) is 5.93. The van der Waals surface area contributed by atoms with E-state index in [-0.39, 0.29) is 6.42 Å². The molecule has 1 fully saturated rings. The number of hydrogen-bond donors (Lipinski definition) is 4. The van der Waals surface area contributed by atoms with E-state index < -0.39 is 29.7 Å². The zero-order valence-corrected chi connectivity index (χ0v) is 24.1. The minimum absolute atomic E-state index is 0.0959. The molecule has 0 bridgehead atoms. The maximum absolute atomic E-state index is 13.4. The topological polar surface area (TPSA) is 174 Å². The molecule has 12 nitrogen and oxygen atoms in total. The van der Waals surface area contributed by atoms with E-state index in [4.69, 9.17) is 15.1 Å². The van der Waals surface area contributed by atoms with Crippen LogP contribution >= 0.6 is 0 Å². The molecule has 5 aromatic rings. The van der Waals surface area contributed by atoms with Crippen LogP contribution in [0, 0.1) is 0 Å². The lowest BCUT2D eigenvalue weighted by Crippen LogP contribution is -2.45. The van der Waals surface area contributed by atoms with Crippen LogP contribution in [0.2, 0.25) is 0 Å².